The highest BCUT2D eigenvalue weighted by Crippen LogP contribution is 2.50. The second kappa shape index (κ2) is 11.1. The van der Waals surface area contributed by atoms with Gasteiger partial charge in [-0.05, 0) is 83.5 Å². The quantitative estimate of drug-likeness (QED) is 0.137. The zero-order valence-corrected chi connectivity index (χ0v) is 25.0. The van der Waals surface area contributed by atoms with Crippen LogP contribution >= 0.6 is 0 Å². The van der Waals surface area contributed by atoms with Gasteiger partial charge in [0.1, 0.15) is 11.3 Å². The fourth-order valence-electron chi connectivity index (χ4n) is 6.35. The molecule has 10 rings (SSSR count). The van der Waals surface area contributed by atoms with Crippen molar-refractivity contribution >= 4 is 54.1 Å². The van der Waals surface area contributed by atoms with E-state index in [2.05, 4.69) is 0 Å². The highest BCUT2D eigenvalue weighted by Gasteiger charge is 2.24. The van der Waals surface area contributed by atoms with Gasteiger partial charge in [0, 0.05) is 22.1 Å². The molecule has 0 saturated carbocycles. The van der Waals surface area contributed by atoms with E-state index in [1.54, 1.807) is 42.5 Å². The lowest BCUT2D eigenvalue weighted by Gasteiger charge is -2.18. The van der Waals surface area contributed by atoms with Gasteiger partial charge in [-0.2, -0.15) is 0 Å². The van der Waals surface area contributed by atoms with Crippen molar-refractivity contribution in [2.45, 2.75) is 0 Å². The first kappa shape index (κ1) is 13.6. The molecule has 228 valence electrons. The first-order valence-corrected chi connectivity index (χ1v) is 15.1. The minimum absolute atomic E-state index is 0.0145. The Bertz CT molecular complexity index is 4020. The van der Waals surface area contributed by atoms with Crippen LogP contribution in [0.15, 0.2) is 186 Å². The Labute approximate surface area is 315 Å². The van der Waals surface area contributed by atoms with E-state index in [4.69, 9.17) is 23.6 Å². The van der Waals surface area contributed by atoms with E-state index in [1.165, 1.54) is 6.07 Å². The van der Waals surface area contributed by atoms with Gasteiger partial charge in [0.25, 0.3) is 0 Å². The normalized spacial score (nSPS) is 18.0. The first-order chi connectivity index (χ1) is 33.5. The number of furan rings is 1. The summed E-state index contributed by atoms with van der Waals surface area (Å²) < 4.78 is 205. The summed E-state index contributed by atoms with van der Waals surface area (Å²) in [7, 11) is 0. The van der Waals surface area contributed by atoms with Crippen LogP contribution in [0.5, 0.6) is 0 Å². The van der Waals surface area contributed by atoms with Gasteiger partial charge in [-0.1, -0.05) is 163 Å². The van der Waals surface area contributed by atoms with Gasteiger partial charge in [0.05, 0.1) is 30.2 Å². The third-order valence-electron chi connectivity index (χ3n) is 8.46. The van der Waals surface area contributed by atoms with Crippen LogP contribution in [0.1, 0.15) is 30.2 Å². The summed E-state index contributed by atoms with van der Waals surface area (Å²) in [5.41, 5.74) is -1.15. The van der Waals surface area contributed by atoms with Crippen molar-refractivity contribution in [2.24, 2.45) is 0 Å². The molecule has 0 unspecified atom stereocenters. The Hall–Kier alpha value is -6.44. The van der Waals surface area contributed by atoms with Crippen molar-refractivity contribution in [3.63, 3.8) is 0 Å². The lowest BCUT2D eigenvalue weighted by atomic mass is 9.84. The van der Waals surface area contributed by atoms with Crippen molar-refractivity contribution in [1.29, 1.82) is 0 Å². The molecule has 0 saturated heterocycles. The van der Waals surface area contributed by atoms with Gasteiger partial charge in [-0.3, -0.25) is 0 Å². The van der Waals surface area contributed by atoms with Gasteiger partial charge < -0.3 is 4.42 Å². The molecular weight excluding hydrogens is 593 g/mol. The van der Waals surface area contributed by atoms with E-state index in [0.29, 0.717) is 11.1 Å². The predicted octanol–water partition coefficient (Wildman–Crippen LogP) is 13.7. The Morgan fingerprint density at radius 1 is 0.367 bits per heavy atom. The molecule has 0 spiro atoms. The van der Waals surface area contributed by atoms with Crippen molar-refractivity contribution in [1.82, 2.24) is 0 Å². The molecule has 10 aromatic rings. The molecule has 0 aliphatic rings. The molecule has 9 aromatic carbocycles. The lowest BCUT2D eigenvalue weighted by molar-refractivity contribution is 0.633. The minimum atomic E-state index is -0.860. The standard InChI is InChI=1S/C48H30O/c1-3-13-31(14-4-1)34-25-28-43-44(30-34)49-48(36-26-27-38-35(29-36)24-23-32-15-7-8-18-37(32)38)47(43)46-41-21-11-9-19-39(41)45(33-16-5-2-6-17-33)40-20-10-12-22-42(40)46/h1-30H/i2D,5D,6D,7D,8D,9D,10D,11D,12D,15D,16D,17D,18D,19D,20D,21D,22D,23D,24D,26D,27D,29D. The Kier molecular flexibility index (Phi) is 3.07. The summed E-state index contributed by atoms with van der Waals surface area (Å²) in [6.07, 6.45) is 0. The number of hydrogen-bond acceptors (Lipinski definition) is 1. The largest absolute Gasteiger partial charge is 0.455 e. The monoisotopic (exact) mass is 644 g/mol. The fraction of sp³-hybridized carbons (Fsp3) is 0. The van der Waals surface area contributed by atoms with Crippen molar-refractivity contribution in [3.8, 4) is 44.7 Å². The molecular formula is C48H30O. The van der Waals surface area contributed by atoms with Crippen LogP contribution < -0.4 is 0 Å². The van der Waals surface area contributed by atoms with Crippen molar-refractivity contribution < 1.29 is 34.6 Å². The van der Waals surface area contributed by atoms with Crippen LogP contribution in [0.2, 0.25) is 0 Å². The van der Waals surface area contributed by atoms with E-state index >= 15 is 0 Å². The third-order valence-corrected chi connectivity index (χ3v) is 8.46. The molecule has 0 fully saturated rings. The topological polar surface area (TPSA) is 13.1 Å². The summed E-state index contributed by atoms with van der Waals surface area (Å²) in [5, 5.41) is -3.71. The van der Waals surface area contributed by atoms with Crippen LogP contribution in [-0.2, 0) is 0 Å². The molecule has 0 N–H and O–H groups in total. The summed E-state index contributed by atoms with van der Waals surface area (Å²) >= 11 is 0. The van der Waals surface area contributed by atoms with E-state index in [9.17, 15) is 11.0 Å². The van der Waals surface area contributed by atoms with Gasteiger partial charge in [-0.15, -0.1) is 0 Å². The smallest absolute Gasteiger partial charge is 0.143 e. The van der Waals surface area contributed by atoms with E-state index in [-0.39, 0.29) is 16.5 Å². The Balaban J connectivity index is 1.52. The van der Waals surface area contributed by atoms with Gasteiger partial charge in [0.15, 0.2) is 0 Å². The van der Waals surface area contributed by atoms with Gasteiger partial charge in [0.2, 0.25) is 0 Å². The number of rotatable bonds is 4. The number of benzene rings is 9. The summed E-state index contributed by atoms with van der Waals surface area (Å²) in [5.74, 6) is -0.491. The molecule has 0 radical (unpaired) electrons. The molecule has 0 bridgehead atoms. The third kappa shape index (κ3) is 4.40. The average molecular weight is 645 g/mol. The molecule has 0 aliphatic heterocycles. The van der Waals surface area contributed by atoms with E-state index in [0.717, 1.165) is 0 Å². The second-order valence-corrected chi connectivity index (χ2v) is 11.1. The second-order valence-electron chi connectivity index (χ2n) is 11.1. The van der Waals surface area contributed by atoms with Crippen molar-refractivity contribution in [3.05, 3.63) is 181 Å². The minimum Gasteiger partial charge on any atom is -0.455 e. The fourth-order valence-corrected chi connectivity index (χ4v) is 6.35. The molecule has 0 atom stereocenters. The Morgan fingerprint density at radius 2 is 0.980 bits per heavy atom. The van der Waals surface area contributed by atoms with Crippen LogP contribution in [0.25, 0.3) is 98.8 Å². The maximum atomic E-state index is 9.82. The van der Waals surface area contributed by atoms with E-state index in [1.807, 2.05) is 0 Å². The molecule has 1 nitrogen and oxygen atoms in total. The summed E-state index contributed by atoms with van der Waals surface area (Å²) in [4.78, 5) is 0. The maximum absolute atomic E-state index is 9.82. The molecule has 49 heavy (non-hydrogen) atoms. The first-order valence-electron chi connectivity index (χ1n) is 26.1. The molecule has 1 aromatic heterocycles. The van der Waals surface area contributed by atoms with Crippen LogP contribution in [0, 0.1) is 0 Å². The van der Waals surface area contributed by atoms with E-state index < -0.39 is 204 Å². The zero-order valence-electron chi connectivity index (χ0n) is 47.0. The molecule has 0 amide bonds. The average Bonchev–Trinajstić information content (AvgIpc) is 3.73. The molecule has 0 aliphatic carbocycles. The summed E-state index contributed by atoms with van der Waals surface area (Å²) in [6.45, 7) is 0. The van der Waals surface area contributed by atoms with Crippen LogP contribution in [0.4, 0.5) is 0 Å². The predicted molar refractivity (Wildman–Crippen MR) is 208 cm³/mol. The van der Waals surface area contributed by atoms with Gasteiger partial charge >= 0.3 is 0 Å². The molecule has 1 heterocycles. The van der Waals surface area contributed by atoms with Crippen molar-refractivity contribution in [2.75, 3.05) is 0 Å². The van der Waals surface area contributed by atoms with Crippen LogP contribution in [0.3, 0.4) is 0 Å². The lowest BCUT2D eigenvalue weighted by Crippen LogP contribution is -1.91. The highest BCUT2D eigenvalue weighted by atomic mass is 16.3. The summed E-state index contributed by atoms with van der Waals surface area (Å²) in [6, 6.07) is -3.86. The van der Waals surface area contributed by atoms with Gasteiger partial charge in [-0.25, -0.2) is 0 Å². The van der Waals surface area contributed by atoms with Crippen LogP contribution in [-0.4, -0.2) is 0 Å². The molecule has 1 heteroatoms. The maximum Gasteiger partial charge on any atom is 0.143 e. The Morgan fingerprint density at radius 3 is 1.71 bits per heavy atom. The number of hydrogen-bond donors (Lipinski definition) is 0. The SMILES string of the molecule is [2H]c1c([2H])c([2H])c(-c2c3c([2H])c([2H])c([2H])c([2H])c3c(-c3c(-c4c([2H])c([2H])c5c(c4[2H])c([2H])c([2H])c4c([2H])c([2H])c([2H])c([2H])c45)oc4cc(-c5ccccc5)ccc34)c3c([2H])c([2H])c([2H])c([2H])c23)c([2H])c1[2H]. The zero-order chi connectivity index (χ0) is 51.5. The highest BCUT2D eigenvalue weighted by molar-refractivity contribution is 6.25. The number of fused-ring (bicyclic) bond motifs is 6.